The molecule has 1 atom stereocenters. The highest BCUT2D eigenvalue weighted by Gasteiger charge is 2.33. The first kappa shape index (κ1) is 32.9. The molecule has 8 nitrogen and oxygen atoms in total. The second kappa shape index (κ2) is 15.0. The number of hydrogen-bond acceptors (Lipinski definition) is 5. The highest BCUT2D eigenvalue weighted by atomic mass is 35.5. The van der Waals surface area contributed by atoms with Gasteiger partial charge in [-0.2, -0.15) is 0 Å². The summed E-state index contributed by atoms with van der Waals surface area (Å²) in [6.07, 6.45) is 0.282. The van der Waals surface area contributed by atoms with Crippen molar-refractivity contribution in [3.05, 3.63) is 89.2 Å². The number of nitrogens with zero attached hydrogens (tertiary/aromatic N) is 2. The molecule has 0 radical (unpaired) electrons. The van der Waals surface area contributed by atoms with Gasteiger partial charge in [-0.05, 0) is 85.5 Å². The molecule has 0 saturated carbocycles. The molecule has 0 fully saturated rings. The maximum absolute atomic E-state index is 14.1. The van der Waals surface area contributed by atoms with Crippen LogP contribution in [0.5, 0.6) is 5.75 Å². The van der Waals surface area contributed by atoms with E-state index in [2.05, 4.69) is 5.32 Å². The second-order valence-corrected chi connectivity index (χ2v) is 12.4. The van der Waals surface area contributed by atoms with Crippen LogP contribution in [0, 0.1) is 11.7 Å². The van der Waals surface area contributed by atoms with E-state index in [4.69, 9.17) is 16.3 Å². The number of carbonyl (C=O) groups excluding carboxylic acids is 2. The van der Waals surface area contributed by atoms with Gasteiger partial charge in [-0.25, -0.2) is 12.8 Å². The number of benzene rings is 3. The lowest BCUT2D eigenvalue weighted by molar-refractivity contribution is -0.140. The van der Waals surface area contributed by atoms with Crippen LogP contribution >= 0.6 is 11.6 Å². The lowest BCUT2D eigenvalue weighted by Crippen LogP contribution is -2.52. The van der Waals surface area contributed by atoms with Crippen molar-refractivity contribution in [3.8, 4) is 5.75 Å². The molecule has 0 aromatic heterocycles. The van der Waals surface area contributed by atoms with Gasteiger partial charge in [0.05, 0.1) is 17.2 Å². The Morgan fingerprint density at radius 3 is 2.12 bits per heavy atom. The molecule has 3 aromatic carbocycles. The van der Waals surface area contributed by atoms with Crippen LogP contribution in [0.15, 0.2) is 77.7 Å². The number of sulfonamides is 1. The predicted molar refractivity (Wildman–Crippen MR) is 162 cm³/mol. The zero-order valence-electron chi connectivity index (χ0n) is 24.2. The summed E-state index contributed by atoms with van der Waals surface area (Å²) in [6, 6.07) is 16.7. The number of hydrogen-bond donors (Lipinski definition) is 1. The fourth-order valence-electron chi connectivity index (χ4n) is 4.27. The third-order valence-corrected chi connectivity index (χ3v) is 8.49. The third kappa shape index (κ3) is 8.69. The van der Waals surface area contributed by atoms with E-state index in [1.54, 1.807) is 31.2 Å². The molecule has 3 rings (SSSR count). The minimum Gasteiger partial charge on any atom is -0.494 e. The molecule has 42 heavy (non-hydrogen) atoms. The van der Waals surface area contributed by atoms with E-state index in [0.29, 0.717) is 29.5 Å². The molecule has 0 aliphatic heterocycles. The summed E-state index contributed by atoms with van der Waals surface area (Å²) in [5.41, 5.74) is 0.828. The zero-order valence-corrected chi connectivity index (χ0v) is 25.8. The topological polar surface area (TPSA) is 96.0 Å². The maximum Gasteiger partial charge on any atom is 0.264 e. The first-order chi connectivity index (χ1) is 20.0. The first-order valence-electron chi connectivity index (χ1n) is 13.8. The standard InChI is InChI=1S/C31H37ClFN3O5S/c1-5-29(31(38)34-19-22(3)4)35(20-23-7-11-25(33)12-8-23)30(37)21-36(26-13-15-27(16-14-26)41-6-2)42(39,40)28-17-9-24(32)10-18-28/h7-18,22,29H,5-6,19-21H2,1-4H3,(H,34,38). The van der Waals surface area contributed by atoms with Gasteiger partial charge in [-0.3, -0.25) is 13.9 Å². The van der Waals surface area contributed by atoms with E-state index in [1.165, 1.54) is 53.4 Å². The molecule has 0 heterocycles. The molecule has 0 spiro atoms. The van der Waals surface area contributed by atoms with Gasteiger partial charge in [0.25, 0.3) is 10.0 Å². The van der Waals surface area contributed by atoms with Gasteiger partial charge in [-0.1, -0.05) is 44.5 Å². The molecule has 226 valence electrons. The second-order valence-electron chi connectivity index (χ2n) is 10.1. The van der Waals surface area contributed by atoms with Gasteiger partial charge in [0.15, 0.2) is 0 Å². The average Bonchev–Trinajstić information content (AvgIpc) is 2.96. The Bertz CT molecular complexity index is 1430. The fourth-order valence-corrected chi connectivity index (χ4v) is 5.81. The number of anilines is 1. The smallest absolute Gasteiger partial charge is 0.264 e. The minimum absolute atomic E-state index is 0.0230. The number of rotatable bonds is 14. The predicted octanol–water partition coefficient (Wildman–Crippen LogP) is 5.65. The van der Waals surface area contributed by atoms with Gasteiger partial charge in [0.1, 0.15) is 24.2 Å². The molecule has 1 unspecified atom stereocenters. The highest BCUT2D eigenvalue weighted by molar-refractivity contribution is 7.92. The Labute approximate surface area is 252 Å². The van der Waals surface area contributed by atoms with Crippen molar-refractivity contribution in [2.75, 3.05) is 24.0 Å². The normalized spacial score (nSPS) is 12.1. The van der Waals surface area contributed by atoms with Crippen molar-refractivity contribution in [1.82, 2.24) is 10.2 Å². The summed E-state index contributed by atoms with van der Waals surface area (Å²) >= 11 is 6.00. The van der Waals surface area contributed by atoms with Crippen LogP contribution in [0.2, 0.25) is 5.02 Å². The molecule has 3 aromatic rings. The lowest BCUT2D eigenvalue weighted by Gasteiger charge is -2.33. The van der Waals surface area contributed by atoms with E-state index in [9.17, 15) is 22.4 Å². The van der Waals surface area contributed by atoms with Crippen molar-refractivity contribution in [2.45, 2.75) is 51.6 Å². The number of ether oxygens (including phenoxy) is 1. The maximum atomic E-state index is 14.1. The van der Waals surface area contributed by atoms with Crippen LogP contribution in [0.1, 0.15) is 39.7 Å². The molecule has 0 saturated heterocycles. The van der Waals surface area contributed by atoms with Crippen molar-refractivity contribution in [1.29, 1.82) is 0 Å². The van der Waals surface area contributed by atoms with E-state index < -0.39 is 34.3 Å². The van der Waals surface area contributed by atoms with Crippen molar-refractivity contribution in [3.63, 3.8) is 0 Å². The van der Waals surface area contributed by atoms with Gasteiger partial charge in [-0.15, -0.1) is 0 Å². The summed E-state index contributed by atoms with van der Waals surface area (Å²) in [7, 11) is -4.24. The Morgan fingerprint density at radius 2 is 1.57 bits per heavy atom. The summed E-state index contributed by atoms with van der Waals surface area (Å²) in [5, 5.41) is 3.24. The molecule has 2 amide bonds. The van der Waals surface area contributed by atoms with E-state index in [-0.39, 0.29) is 35.4 Å². The molecule has 0 aliphatic rings. The molecule has 1 N–H and O–H groups in total. The van der Waals surface area contributed by atoms with Crippen LogP contribution in [0.25, 0.3) is 0 Å². The summed E-state index contributed by atoms with van der Waals surface area (Å²) in [5.74, 6) is -0.657. The lowest BCUT2D eigenvalue weighted by atomic mass is 10.1. The summed E-state index contributed by atoms with van der Waals surface area (Å²) < 4.78 is 48.0. The molecular formula is C31H37ClFN3O5S. The van der Waals surface area contributed by atoms with Gasteiger partial charge >= 0.3 is 0 Å². The van der Waals surface area contributed by atoms with Crippen molar-refractivity contribution in [2.24, 2.45) is 5.92 Å². The molecule has 0 aliphatic carbocycles. The fraction of sp³-hybridized carbons (Fsp3) is 0.355. The monoisotopic (exact) mass is 617 g/mol. The highest BCUT2D eigenvalue weighted by Crippen LogP contribution is 2.27. The Balaban J connectivity index is 2.04. The first-order valence-corrected chi connectivity index (χ1v) is 15.6. The third-order valence-electron chi connectivity index (χ3n) is 6.45. The largest absolute Gasteiger partial charge is 0.494 e. The average molecular weight is 618 g/mol. The van der Waals surface area contributed by atoms with Gasteiger partial charge in [0, 0.05) is 18.1 Å². The quantitative estimate of drug-likeness (QED) is 0.252. The SMILES string of the molecule is CCOc1ccc(N(CC(=O)N(Cc2ccc(F)cc2)C(CC)C(=O)NCC(C)C)S(=O)(=O)c2ccc(Cl)cc2)cc1. The van der Waals surface area contributed by atoms with Gasteiger partial charge in [0.2, 0.25) is 11.8 Å². The van der Waals surface area contributed by atoms with E-state index in [0.717, 1.165) is 4.31 Å². The molecular weight excluding hydrogens is 581 g/mol. The summed E-state index contributed by atoms with van der Waals surface area (Å²) in [4.78, 5) is 28.6. The zero-order chi connectivity index (χ0) is 30.9. The Morgan fingerprint density at radius 1 is 0.952 bits per heavy atom. The minimum atomic E-state index is -4.24. The number of amides is 2. The molecule has 0 bridgehead atoms. The number of nitrogens with one attached hydrogen (secondary N) is 1. The Kier molecular flexibility index (Phi) is 11.8. The summed E-state index contributed by atoms with van der Waals surface area (Å²) in [6.45, 7) is 7.76. The molecule has 11 heteroatoms. The van der Waals surface area contributed by atoms with Crippen LogP contribution in [-0.2, 0) is 26.2 Å². The van der Waals surface area contributed by atoms with E-state index >= 15 is 0 Å². The van der Waals surface area contributed by atoms with Crippen molar-refractivity contribution < 1.29 is 27.1 Å². The van der Waals surface area contributed by atoms with E-state index in [1.807, 2.05) is 20.8 Å². The van der Waals surface area contributed by atoms with Crippen LogP contribution in [-0.4, -0.2) is 50.9 Å². The van der Waals surface area contributed by atoms with Gasteiger partial charge < -0.3 is 15.0 Å². The number of halogens is 2. The van der Waals surface area contributed by atoms with Crippen LogP contribution in [0.3, 0.4) is 0 Å². The number of carbonyl (C=O) groups is 2. The van der Waals surface area contributed by atoms with Crippen LogP contribution in [0.4, 0.5) is 10.1 Å². The van der Waals surface area contributed by atoms with Crippen molar-refractivity contribution >= 4 is 39.1 Å². The van der Waals surface area contributed by atoms with Crippen LogP contribution < -0.4 is 14.4 Å². The Hall–Kier alpha value is -3.63.